The number of nitrogens with zero attached hydrogens (tertiary/aromatic N) is 1. The minimum atomic E-state index is -1.14. The van der Waals surface area contributed by atoms with E-state index in [0.29, 0.717) is 35.7 Å². The van der Waals surface area contributed by atoms with E-state index in [0.717, 1.165) is 28.5 Å². The molecule has 0 aliphatic carbocycles. The van der Waals surface area contributed by atoms with Crippen LogP contribution in [0.2, 0.25) is 0 Å². The maximum atomic E-state index is 13.6. The molecule has 0 radical (unpaired) electrons. The zero-order valence-electron chi connectivity index (χ0n) is 18.5. The lowest BCUT2D eigenvalue weighted by molar-refractivity contribution is -0.304. The van der Waals surface area contributed by atoms with Crippen molar-refractivity contribution in [1.29, 1.82) is 0 Å². The molecule has 1 heterocycles. The van der Waals surface area contributed by atoms with Crippen molar-refractivity contribution < 1.29 is 24.2 Å². The highest BCUT2D eigenvalue weighted by atomic mass is 16.5. The van der Waals surface area contributed by atoms with Crippen LogP contribution in [0, 0.1) is 0 Å². The predicted octanol–water partition coefficient (Wildman–Crippen LogP) is 3.87. The van der Waals surface area contributed by atoms with E-state index in [1.165, 1.54) is 0 Å². The van der Waals surface area contributed by atoms with Crippen LogP contribution in [0.1, 0.15) is 48.7 Å². The van der Waals surface area contributed by atoms with Gasteiger partial charge in [-0.1, -0.05) is 43.3 Å². The second-order valence-electron chi connectivity index (χ2n) is 8.18. The maximum Gasteiger partial charge on any atom is 0.262 e. The SMILES string of the molecule is CCCOc1c2c(c(OC(C)C)c3ccccc13)C(=O)N(c1ccc(CC(=O)[O-])cc1)C2. The highest BCUT2D eigenvalue weighted by Gasteiger charge is 2.37. The van der Waals surface area contributed by atoms with Gasteiger partial charge < -0.3 is 24.3 Å². The number of anilines is 1. The first-order valence-electron chi connectivity index (χ1n) is 10.9. The summed E-state index contributed by atoms with van der Waals surface area (Å²) in [5, 5.41) is 12.6. The molecular formula is C26H26NO5-. The molecule has 0 spiro atoms. The standard InChI is InChI=1S/C26H27NO5/c1-4-13-31-24-19-7-5-6-8-20(19)25(32-16(2)3)23-21(24)15-27(26(23)30)18-11-9-17(10-12-18)14-22(28)29/h5-12,16H,4,13-15H2,1-3H3,(H,28,29)/p-1. The van der Waals surface area contributed by atoms with Gasteiger partial charge in [0, 0.05) is 34.4 Å². The van der Waals surface area contributed by atoms with Crippen molar-refractivity contribution in [2.75, 3.05) is 11.5 Å². The van der Waals surface area contributed by atoms with Gasteiger partial charge in [0.2, 0.25) is 0 Å². The molecule has 1 aliphatic heterocycles. The van der Waals surface area contributed by atoms with Crippen molar-refractivity contribution in [3.63, 3.8) is 0 Å². The average Bonchev–Trinajstić information content (AvgIpc) is 3.10. The second-order valence-corrected chi connectivity index (χ2v) is 8.18. The van der Waals surface area contributed by atoms with Crippen molar-refractivity contribution in [1.82, 2.24) is 0 Å². The van der Waals surface area contributed by atoms with Gasteiger partial charge in [-0.15, -0.1) is 0 Å². The Morgan fingerprint density at radius 2 is 1.72 bits per heavy atom. The summed E-state index contributed by atoms with van der Waals surface area (Å²) < 4.78 is 12.3. The van der Waals surface area contributed by atoms with Crippen LogP contribution >= 0.6 is 0 Å². The fourth-order valence-electron chi connectivity index (χ4n) is 4.06. The lowest BCUT2D eigenvalue weighted by Gasteiger charge is -2.19. The first-order chi connectivity index (χ1) is 15.4. The third-order valence-corrected chi connectivity index (χ3v) is 5.40. The van der Waals surface area contributed by atoms with Crippen molar-refractivity contribution in [3.05, 3.63) is 65.2 Å². The van der Waals surface area contributed by atoms with Gasteiger partial charge in [0.25, 0.3) is 5.91 Å². The highest BCUT2D eigenvalue weighted by molar-refractivity contribution is 6.16. The fourth-order valence-corrected chi connectivity index (χ4v) is 4.06. The number of hydrogen-bond donors (Lipinski definition) is 0. The van der Waals surface area contributed by atoms with E-state index < -0.39 is 5.97 Å². The van der Waals surface area contributed by atoms with Gasteiger partial charge in [-0.3, -0.25) is 4.79 Å². The smallest absolute Gasteiger partial charge is 0.262 e. The van der Waals surface area contributed by atoms with Gasteiger partial charge >= 0.3 is 0 Å². The molecule has 0 bridgehead atoms. The number of ether oxygens (including phenoxy) is 2. The van der Waals surface area contributed by atoms with Crippen molar-refractivity contribution in [2.45, 2.75) is 46.3 Å². The number of carboxylic acids is 1. The van der Waals surface area contributed by atoms with Gasteiger partial charge in [0.15, 0.2) is 0 Å². The number of carbonyl (C=O) groups excluding carboxylic acids is 2. The lowest BCUT2D eigenvalue weighted by Crippen LogP contribution is -2.25. The van der Waals surface area contributed by atoms with Crippen LogP contribution in [-0.2, 0) is 17.8 Å². The van der Waals surface area contributed by atoms with Crippen molar-refractivity contribution >= 4 is 28.3 Å². The Hall–Kier alpha value is -3.54. The summed E-state index contributed by atoms with van der Waals surface area (Å²) in [4.78, 5) is 26.2. The largest absolute Gasteiger partial charge is 0.550 e. The zero-order valence-corrected chi connectivity index (χ0v) is 18.5. The number of hydrogen-bond acceptors (Lipinski definition) is 5. The van der Waals surface area contributed by atoms with Crippen molar-refractivity contribution in [3.8, 4) is 11.5 Å². The van der Waals surface area contributed by atoms with Gasteiger partial charge in [-0.25, -0.2) is 0 Å². The van der Waals surface area contributed by atoms with E-state index >= 15 is 0 Å². The summed E-state index contributed by atoms with van der Waals surface area (Å²) in [6.07, 6.45) is 0.585. The molecule has 1 amide bonds. The first-order valence-corrected chi connectivity index (χ1v) is 10.9. The molecule has 0 atom stereocenters. The number of carbonyl (C=O) groups is 2. The summed E-state index contributed by atoms with van der Waals surface area (Å²) >= 11 is 0. The Labute approximate surface area is 187 Å². The maximum absolute atomic E-state index is 13.6. The monoisotopic (exact) mass is 432 g/mol. The first kappa shape index (κ1) is 21.7. The quantitative estimate of drug-likeness (QED) is 0.540. The molecule has 0 N–H and O–H groups in total. The highest BCUT2D eigenvalue weighted by Crippen LogP contribution is 2.46. The Balaban J connectivity index is 1.84. The second kappa shape index (κ2) is 8.91. The van der Waals surface area contributed by atoms with Crippen LogP contribution in [0.25, 0.3) is 10.8 Å². The molecule has 3 aromatic rings. The molecule has 6 heteroatoms. The summed E-state index contributed by atoms with van der Waals surface area (Å²) in [5.74, 6) is 0.00573. The third kappa shape index (κ3) is 4.00. The average molecular weight is 432 g/mol. The minimum Gasteiger partial charge on any atom is -0.550 e. The summed E-state index contributed by atoms with van der Waals surface area (Å²) in [5.41, 5.74) is 2.66. The predicted molar refractivity (Wildman–Crippen MR) is 121 cm³/mol. The van der Waals surface area contributed by atoms with Gasteiger partial charge in [-0.05, 0) is 38.0 Å². The summed E-state index contributed by atoms with van der Waals surface area (Å²) in [7, 11) is 0. The molecule has 32 heavy (non-hydrogen) atoms. The Morgan fingerprint density at radius 3 is 2.31 bits per heavy atom. The molecule has 6 nitrogen and oxygen atoms in total. The van der Waals surface area contributed by atoms with E-state index in [1.807, 2.05) is 45.0 Å². The van der Waals surface area contributed by atoms with Crippen LogP contribution in [0.15, 0.2) is 48.5 Å². The third-order valence-electron chi connectivity index (χ3n) is 5.40. The van der Waals surface area contributed by atoms with Crippen LogP contribution in [-0.4, -0.2) is 24.6 Å². The topological polar surface area (TPSA) is 78.9 Å². The molecule has 0 fully saturated rings. The summed E-state index contributed by atoms with van der Waals surface area (Å²) in [6, 6.07) is 14.8. The normalized spacial score (nSPS) is 13.0. The summed E-state index contributed by atoms with van der Waals surface area (Å²) in [6.45, 7) is 6.83. The lowest BCUT2D eigenvalue weighted by atomic mass is 9.99. The minimum absolute atomic E-state index is 0.101. The number of benzene rings is 3. The van der Waals surface area contributed by atoms with Crippen LogP contribution in [0.3, 0.4) is 0 Å². The van der Waals surface area contributed by atoms with Crippen LogP contribution < -0.4 is 19.5 Å². The van der Waals surface area contributed by atoms with E-state index in [9.17, 15) is 14.7 Å². The molecule has 0 aromatic heterocycles. The molecule has 0 saturated carbocycles. The Bertz CT molecular complexity index is 1170. The van der Waals surface area contributed by atoms with Crippen molar-refractivity contribution in [2.24, 2.45) is 0 Å². The van der Waals surface area contributed by atoms with E-state index in [2.05, 4.69) is 0 Å². The van der Waals surface area contributed by atoms with Gasteiger partial charge in [-0.2, -0.15) is 0 Å². The Kier molecular flexibility index (Phi) is 6.04. The molecule has 4 rings (SSSR count). The van der Waals surface area contributed by atoms with E-state index in [-0.39, 0.29) is 18.4 Å². The molecular weight excluding hydrogens is 406 g/mol. The van der Waals surface area contributed by atoms with Gasteiger partial charge in [0.1, 0.15) is 11.5 Å². The number of aliphatic carboxylic acids is 1. The molecule has 0 saturated heterocycles. The number of carboxylic acid groups (broad SMARTS) is 1. The zero-order chi connectivity index (χ0) is 22.8. The molecule has 3 aromatic carbocycles. The number of fused-ring (bicyclic) bond motifs is 2. The van der Waals surface area contributed by atoms with E-state index in [1.54, 1.807) is 29.2 Å². The number of amides is 1. The van der Waals surface area contributed by atoms with Crippen LogP contribution in [0.4, 0.5) is 5.69 Å². The van der Waals surface area contributed by atoms with E-state index in [4.69, 9.17) is 9.47 Å². The molecule has 166 valence electrons. The molecule has 0 unspecified atom stereocenters. The number of rotatable bonds is 8. The Morgan fingerprint density at radius 1 is 1.06 bits per heavy atom. The van der Waals surface area contributed by atoms with Crippen LogP contribution in [0.5, 0.6) is 11.5 Å². The van der Waals surface area contributed by atoms with Gasteiger partial charge in [0.05, 0.1) is 24.8 Å². The fraction of sp³-hybridized carbons (Fsp3) is 0.308. The molecule has 1 aliphatic rings.